The van der Waals surface area contributed by atoms with E-state index >= 15 is 0 Å². The Hall–Kier alpha value is -4.50. The van der Waals surface area contributed by atoms with Gasteiger partial charge in [-0.3, -0.25) is 19.8 Å². The van der Waals surface area contributed by atoms with Crippen molar-refractivity contribution in [3.05, 3.63) is 96.2 Å². The standard InChI is InChI=1S/C30H31N7O2/c1-21-25(24-9-5-6-10-26(24)37(21)20-27(38)39)19-36-17-13-30(14-18-36,33-23-7-3-2-4-8-23)29-32-28(34-35-29)22-11-15-31-16-12-22/h2-12,15-16,33H,13-14,17-20H2,1H3,(H,38,39)(H,32,34,35). The van der Waals surface area contributed by atoms with Crippen molar-refractivity contribution < 1.29 is 9.90 Å². The zero-order valence-electron chi connectivity index (χ0n) is 21.8. The molecular formula is C30H31N7O2. The summed E-state index contributed by atoms with van der Waals surface area (Å²) < 4.78 is 1.91. The Balaban J connectivity index is 1.27. The van der Waals surface area contributed by atoms with Crippen LogP contribution in [0.4, 0.5) is 5.69 Å². The Morgan fingerprint density at radius 1 is 1.03 bits per heavy atom. The molecular weight excluding hydrogens is 490 g/mol. The number of carboxylic acid groups (broad SMARTS) is 1. The summed E-state index contributed by atoms with van der Waals surface area (Å²) in [6.07, 6.45) is 5.16. The smallest absolute Gasteiger partial charge is 0.323 e. The summed E-state index contributed by atoms with van der Waals surface area (Å²) in [5.74, 6) is 0.649. The molecule has 0 bridgehead atoms. The molecule has 5 aromatic rings. The van der Waals surface area contributed by atoms with Crippen LogP contribution >= 0.6 is 0 Å². The molecule has 198 valence electrons. The lowest BCUT2D eigenvalue weighted by molar-refractivity contribution is -0.137. The molecule has 0 aliphatic carbocycles. The number of para-hydroxylation sites is 2. The molecule has 1 aliphatic rings. The van der Waals surface area contributed by atoms with E-state index in [0.717, 1.165) is 66.1 Å². The van der Waals surface area contributed by atoms with Crippen molar-refractivity contribution in [1.82, 2.24) is 29.6 Å². The quantitative estimate of drug-likeness (QED) is 0.268. The fourth-order valence-corrected chi connectivity index (χ4v) is 5.68. The minimum absolute atomic E-state index is 0.0399. The lowest BCUT2D eigenvalue weighted by Gasteiger charge is -2.41. The molecule has 1 aliphatic heterocycles. The second-order valence-electron chi connectivity index (χ2n) is 10.2. The van der Waals surface area contributed by atoms with E-state index < -0.39 is 11.5 Å². The highest BCUT2D eigenvalue weighted by Gasteiger charge is 2.39. The third-order valence-electron chi connectivity index (χ3n) is 7.78. The highest BCUT2D eigenvalue weighted by molar-refractivity contribution is 5.86. The molecule has 0 spiro atoms. The van der Waals surface area contributed by atoms with Crippen LogP contribution in [0.5, 0.6) is 0 Å². The van der Waals surface area contributed by atoms with Gasteiger partial charge < -0.3 is 15.0 Å². The topological polar surface area (TPSA) is 112 Å². The summed E-state index contributed by atoms with van der Waals surface area (Å²) in [6, 6.07) is 22.1. The fraction of sp³-hybridized carbons (Fsp3) is 0.267. The highest BCUT2D eigenvalue weighted by Crippen LogP contribution is 2.37. The molecule has 3 aromatic heterocycles. The van der Waals surface area contributed by atoms with Crippen LogP contribution in [0.1, 0.15) is 29.9 Å². The predicted molar refractivity (Wildman–Crippen MR) is 150 cm³/mol. The maximum atomic E-state index is 11.6. The molecule has 0 atom stereocenters. The second-order valence-corrected chi connectivity index (χ2v) is 10.2. The van der Waals surface area contributed by atoms with Gasteiger partial charge in [-0.1, -0.05) is 36.4 Å². The van der Waals surface area contributed by atoms with Gasteiger partial charge in [-0.2, -0.15) is 5.10 Å². The SMILES string of the molecule is Cc1c(CN2CCC(Nc3ccccc3)(c3nc(-c4ccncc4)n[nH]3)CC2)c2ccccc2n1CC(=O)O. The summed E-state index contributed by atoms with van der Waals surface area (Å²) in [4.78, 5) is 23.0. The van der Waals surface area contributed by atoms with Crippen molar-refractivity contribution in [3.63, 3.8) is 0 Å². The Bertz CT molecular complexity index is 1590. The monoisotopic (exact) mass is 521 g/mol. The number of rotatable bonds is 8. The first-order valence-electron chi connectivity index (χ1n) is 13.2. The van der Waals surface area contributed by atoms with Crippen LogP contribution < -0.4 is 5.32 Å². The summed E-state index contributed by atoms with van der Waals surface area (Å²) in [7, 11) is 0. The van der Waals surface area contributed by atoms with E-state index in [9.17, 15) is 9.90 Å². The largest absolute Gasteiger partial charge is 0.480 e. The van der Waals surface area contributed by atoms with Gasteiger partial charge >= 0.3 is 5.97 Å². The van der Waals surface area contributed by atoms with Crippen LogP contribution in [-0.4, -0.2) is 53.8 Å². The number of nitrogens with zero attached hydrogens (tertiary/aromatic N) is 5. The Morgan fingerprint density at radius 3 is 2.49 bits per heavy atom. The van der Waals surface area contributed by atoms with Gasteiger partial charge in [-0.05, 0) is 55.7 Å². The van der Waals surface area contributed by atoms with Gasteiger partial charge in [-0.15, -0.1) is 0 Å². The number of hydrogen-bond acceptors (Lipinski definition) is 6. The van der Waals surface area contributed by atoms with Crippen molar-refractivity contribution in [2.24, 2.45) is 0 Å². The number of aliphatic carboxylic acids is 1. The predicted octanol–water partition coefficient (Wildman–Crippen LogP) is 4.82. The Labute approximate surface area is 226 Å². The number of pyridine rings is 1. The molecule has 2 aromatic carbocycles. The van der Waals surface area contributed by atoms with Crippen molar-refractivity contribution >= 4 is 22.6 Å². The van der Waals surface area contributed by atoms with Crippen molar-refractivity contribution in [2.45, 2.75) is 38.4 Å². The number of carbonyl (C=O) groups is 1. The first kappa shape index (κ1) is 24.8. The molecule has 39 heavy (non-hydrogen) atoms. The highest BCUT2D eigenvalue weighted by atomic mass is 16.4. The first-order valence-corrected chi connectivity index (χ1v) is 13.2. The van der Waals surface area contributed by atoms with E-state index in [-0.39, 0.29) is 6.54 Å². The maximum Gasteiger partial charge on any atom is 0.323 e. The summed E-state index contributed by atoms with van der Waals surface area (Å²) in [6.45, 7) is 4.45. The number of fused-ring (bicyclic) bond motifs is 1. The van der Waals surface area contributed by atoms with E-state index in [0.29, 0.717) is 5.82 Å². The lowest BCUT2D eigenvalue weighted by atomic mass is 9.86. The number of aromatic amines is 1. The number of carboxylic acids is 1. The van der Waals surface area contributed by atoms with Gasteiger partial charge in [0.15, 0.2) is 11.6 Å². The molecule has 1 fully saturated rings. The van der Waals surface area contributed by atoms with Crippen LogP contribution in [0.3, 0.4) is 0 Å². The molecule has 9 heteroatoms. The molecule has 0 amide bonds. The molecule has 4 heterocycles. The first-order chi connectivity index (χ1) is 19.0. The van der Waals surface area contributed by atoms with Gasteiger partial charge in [-0.25, -0.2) is 4.98 Å². The molecule has 3 N–H and O–H groups in total. The van der Waals surface area contributed by atoms with Gasteiger partial charge in [0.2, 0.25) is 0 Å². The van der Waals surface area contributed by atoms with E-state index in [4.69, 9.17) is 4.98 Å². The van der Waals surface area contributed by atoms with Gasteiger partial charge in [0.05, 0.1) is 5.54 Å². The number of nitrogens with one attached hydrogen (secondary N) is 2. The molecule has 0 unspecified atom stereocenters. The van der Waals surface area contributed by atoms with Crippen molar-refractivity contribution in [2.75, 3.05) is 18.4 Å². The molecule has 6 rings (SSSR count). The zero-order valence-corrected chi connectivity index (χ0v) is 21.8. The third-order valence-corrected chi connectivity index (χ3v) is 7.78. The normalized spacial score (nSPS) is 15.4. The number of benzene rings is 2. The molecule has 1 saturated heterocycles. The van der Waals surface area contributed by atoms with Crippen molar-refractivity contribution in [3.8, 4) is 11.4 Å². The summed E-state index contributed by atoms with van der Waals surface area (Å²) >= 11 is 0. The summed E-state index contributed by atoms with van der Waals surface area (Å²) in [5, 5.41) is 22.2. The minimum atomic E-state index is -0.835. The summed E-state index contributed by atoms with van der Waals surface area (Å²) in [5.41, 5.74) is 4.73. The van der Waals surface area contributed by atoms with Crippen LogP contribution in [0.15, 0.2) is 79.1 Å². The minimum Gasteiger partial charge on any atom is -0.480 e. The van der Waals surface area contributed by atoms with Crippen LogP contribution in [0, 0.1) is 6.92 Å². The van der Waals surface area contributed by atoms with Crippen LogP contribution in [-0.2, 0) is 23.4 Å². The Kier molecular flexibility index (Phi) is 6.58. The second kappa shape index (κ2) is 10.3. The van der Waals surface area contributed by atoms with E-state index in [1.54, 1.807) is 12.4 Å². The number of H-pyrrole nitrogens is 1. The average molecular weight is 522 g/mol. The van der Waals surface area contributed by atoms with Crippen molar-refractivity contribution in [1.29, 1.82) is 0 Å². The van der Waals surface area contributed by atoms with Crippen LogP contribution in [0.25, 0.3) is 22.3 Å². The van der Waals surface area contributed by atoms with Gasteiger partial charge in [0, 0.05) is 59.9 Å². The molecule has 9 nitrogen and oxygen atoms in total. The number of likely N-dealkylation sites (tertiary alicyclic amines) is 1. The van der Waals surface area contributed by atoms with E-state index in [1.165, 1.54) is 5.56 Å². The number of piperidine rings is 1. The number of aromatic nitrogens is 5. The fourth-order valence-electron chi connectivity index (χ4n) is 5.68. The number of anilines is 1. The van der Waals surface area contributed by atoms with E-state index in [2.05, 4.69) is 43.6 Å². The molecule has 0 radical (unpaired) electrons. The van der Waals surface area contributed by atoms with E-state index in [1.807, 2.05) is 60.0 Å². The van der Waals surface area contributed by atoms with Gasteiger partial charge in [0.1, 0.15) is 6.54 Å². The lowest BCUT2D eigenvalue weighted by Crippen LogP contribution is -2.47. The third kappa shape index (κ3) is 4.88. The van der Waals surface area contributed by atoms with Gasteiger partial charge in [0.25, 0.3) is 0 Å². The number of hydrogen-bond donors (Lipinski definition) is 3. The average Bonchev–Trinajstić information content (AvgIpc) is 3.56. The maximum absolute atomic E-state index is 11.6. The molecule has 0 saturated carbocycles. The zero-order chi connectivity index (χ0) is 26.8. The van der Waals surface area contributed by atoms with Crippen LogP contribution in [0.2, 0.25) is 0 Å². The Morgan fingerprint density at radius 2 is 1.74 bits per heavy atom.